The summed E-state index contributed by atoms with van der Waals surface area (Å²) in [4.78, 5) is 19.3. The summed E-state index contributed by atoms with van der Waals surface area (Å²) in [6, 6.07) is 25.1. The van der Waals surface area contributed by atoms with Gasteiger partial charge in [-0.3, -0.25) is 4.79 Å². The van der Waals surface area contributed by atoms with Crippen LogP contribution in [-0.4, -0.2) is 22.5 Å². The Balaban J connectivity index is 1.66. The lowest BCUT2D eigenvalue weighted by atomic mass is 10.2. The van der Waals surface area contributed by atoms with Crippen molar-refractivity contribution in [2.45, 2.75) is 6.54 Å². The second kappa shape index (κ2) is 8.33. The first kappa shape index (κ1) is 19.0. The molecular weight excluding hydrogens is 382 g/mol. The first-order valence-corrected chi connectivity index (χ1v) is 9.70. The molecule has 4 aromatic rings. The average Bonchev–Trinajstić information content (AvgIpc) is 3.11. The van der Waals surface area contributed by atoms with Crippen LogP contribution in [0.25, 0.3) is 23.2 Å². The number of nitrogens with zero attached hydrogens (tertiary/aromatic N) is 3. The molecule has 3 aromatic carbocycles. The first-order valence-electron chi connectivity index (χ1n) is 9.32. The van der Waals surface area contributed by atoms with Crippen LogP contribution < -0.4 is 4.90 Å². The van der Waals surface area contributed by atoms with Gasteiger partial charge < -0.3 is 9.47 Å². The van der Waals surface area contributed by atoms with E-state index in [-0.39, 0.29) is 12.5 Å². The summed E-state index contributed by atoms with van der Waals surface area (Å²) < 4.78 is 1.95. The van der Waals surface area contributed by atoms with Crippen LogP contribution in [0.4, 0.5) is 5.69 Å². The summed E-state index contributed by atoms with van der Waals surface area (Å²) in [5, 5.41) is 0.698. The molecule has 4 rings (SSSR count). The molecule has 0 aliphatic rings. The molecule has 0 saturated carbocycles. The maximum absolute atomic E-state index is 13.0. The van der Waals surface area contributed by atoms with Gasteiger partial charge in [-0.05, 0) is 48.0 Å². The molecule has 29 heavy (non-hydrogen) atoms. The average molecular weight is 402 g/mol. The predicted molar refractivity (Wildman–Crippen MR) is 120 cm³/mol. The molecule has 1 amide bonds. The fraction of sp³-hybridized carbons (Fsp3) is 0.0833. The van der Waals surface area contributed by atoms with Gasteiger partial charge in [-0.2, -0.15) is 0 Å². The zero-order valence-electron chi connectivity index (χ0n) is 16.0. The Morgan fingerprint density at radius 3 is 2.41 bits per heavy atom. The minimum Gasteiger partial charge on any atom is -0.315 e. The van der Waals surface area contributed by atoms with Crippen LogP contribution in [-0.2, 0) is 11.3 Å². The van der Waals surface area contributed by atoms with Crippen molar-refractivity contribution in [3.63, 3.8) is 0 Å². The van der Waals surface area contributed by atoms with E-state index < -0.39 is 0 Å². The van der Waals surface area contributed by atoms with Gasteiger partial charge in [0.15, 0.2) is 0 Å². The van der Waals surface area contributed by atoms with Crippen molar-refractivity contribution in [2.75, 3.05) is 11.9 Å². The Hall–Kier alpha value is -3.37. The normalized spacial score (nSPS) is 11.2. The maximum atomic E-state index is 13.0. The monoisotopic (exact) mass is 401 g/mol. The second-order valence-electron chi connectivity index (χ2n) is 6.72. The minimum atomic E-state index is -0.0134. The van der Waals surface area contributed by atoms with E-state index in [0.717, 1.165) is 28.1 Å². The van der Waals surface area contributed by atoms with Gasteiger partial charge in [-0.25, -0.2) is 4.98 Å². The molecule has 0 radical (unpaired) electrons. The molecule has 0 saturated heterocycles. The predicted octanol–water partition coefficient (Wildman–Crippen LogP) is 5.52. The Morgan fingerprint density at radius 1 is 0.966 bits per heavy atom. The highest BCUT2D eigenvalue weighted by Crippen LogP contribution is 2.20. The summed E-state index contributed by atoms with van der Waals surface area (Å²) >= 11 is 5.96. The lowest BCUT2D eigenvalue weighted by Gasteiger charge is -2.18. The molecule has 4 nitrogen and oxygen atoms in total. The number of benzene rings is 3. The highest BCUT2D eigenvalue weighted by molar-refractivity contribution is 6.30. The van der Waals surface area contributed by atoms with Crippen LogP contribution in [0.15, 0.2) is 78.9 Å². The van der Waals surface area contributed by atoms with E-state index in [0.29, 0.717) is 5.02 Å². The largest absolute Gasteiger partial charge is 0.315 e. The lowest BCUT2D eigenvalue weighted by molar-refractivity contribution is -0.118. The van der Waals surface area contributed by atoms with Crippen LogP contribution in [0, 0.1) is 0 Å². The second-order valence-corrected chi connectivity index (χ2v) is 7.15. The van der Waals surface area contributed by atoms with E-state index in [1.54, 1.807) is 11.9 Å². The number of imidazole rings is 1. The molecule has 144 valence electrons. The van der Waals surface area contributed by atoms with Crippen LogP contribution in [0.1, 0.15) is 11.4 Å². The molecular formula is C24H20ClN3O. The van der Waals surface area contributed by atoms with Crippen molar-refractivity contribution < 1.29 is 4.79 Å². The van der Waals surface area contributed by atoms with E-state index in [4.69, 9.17) is 16.6 Å². The summed E-state index contributed by atoms with van der Waals surface area (Å²) in [5.41, 5.74) is 3.66. The molecule has 0 bridgehead atoms. The van der Waals surface area contributed by atoms with E-state index in [9.17, 15) is 4.79 Å². The van der Waals surface area contributed by atoms with Gasteiger partial charge in [0.05, 0.1) is 11.0 Å². The van der Waals surface area contributed by atoms with E-state index in [1.165, 1.54) is 0 Å². The number of rotatable bonds is 5. The maximum Gasteiger partial charge on any atom is 0.246 e. The van der Waals surface area contributed by atoms with Gasteiger partial charge in [-0.15, -0.1) is 0 Å². The quantitative estimate of drug-likeness (QED) is 0.441. The number of hydrogen-bond donors (Lipinski definition) is 0. The molecule has 0 spiro atoms. The molecule has 0 aliphatic heterocycles. The number of halogens is 1. The number of para-hydroxylation sites is 3. The number of fused-ring (bicyclic) bond motifs is 1. The van der Waals surface area contributed by atoms with Gasteiger partial charge in [0, 0.05) is 17.8 Å². The SMILES string of the molecule is CN(C(=O)Cn1c(/C=C/c2ccc(Cl)cc2)nc2ccccc21)c1ccccc1. The van der Waals surface area contributed by atoms with Gasteiger partial charge in [0.1, 0.15) is 12.4 Å². The van der Waals surface area contributed by atoms with Crippen LogP contribution >= 0.6 is 11.6 Å². The smallest absolute Gasteiger partial charge is 0.246 e. The molecule has 1 heterocycles. The van der Waals surface area contributed by atoms with Crippen LogP contribution in [0.2, 0.25) is 5.02 Å². The molecule has 0 unspecified atom stereocenters. The molecule has 5 heteroatoms. The Morgan fingerprint density at radius 2 is 1.66 bits per heavy atom. The van der Waals surface area contributed by atoms with Crippen molar-refractivity contribution in [3.05, 3.63) is 95.3 Å². The van der Waals surface area contributed by atoms with E-state index in [2.05, 4.69) is 0 Å². The van der Waals surface area contributed by atoms with Gasteiger partial charge in [0.2, 0.25) is 5.91 Å². The van der Waals surface area contributed by atoms with E-state index in [1.807, 2.05) is 95.6 Å². The summed E-state index contributed by atoms with van der Waals surface area (Å²) in [6.07, 6.45) is 3.90. The highest BCUT2D eigenvalue weighted by Gasteiger charge is 2.16. The third kappa shape index (κ3) is 4.23. The van der Waals surface area contributed by atoms with Gasteiger partial charge >= 0.3 is 0 Å². The molecule has 0 atom stereocenters. The number of carbonyl (C=O) groups excluding carboxylic acids is 1. The molecule has 1 aromatic heterocycles. The fourth-order valence-electron chi connectivity index (χ4n) is 3.17. The van der Waals surface area contributed by atoms with E-state index >= 15 is 0 Å². The Labute approximate surface area is 174 Å². The lowest BCUT2D eigenvalue weighted by Crippen LogP contribution is -2.30. The summed E-state index contributed by atoms with van der Waals surface area (Å²) in [7, 11) is 1.79. The standard InChI is InChI=1S/C24H20ClN3O/c1-27(20-7-3-2-4-8-20)24(29)17-28-22-10-6-5-9-21(22)26-23(28)16-13-18-11-14-19(25)15-12-18/h2-16H,17H2,1H3/b16-13+. The van der Waals surface area contributed by atoms with Crippen molar-refractivity contribution >= 4 is 46.4 Å². The number of aromatic nitrogens is 2. The minimum absolute atomic E-state index is 0.0134. The molecule has 0 N–H and O–H groups in total. The third-order valence-corrected chi connectivity index (χ3v) is 5.04. The van der Waals surface area contributed by atoms with Crippen molar-refractivity contribution in [3.8, 4) is 0 Å². The van der Waals surface area contributed by atoms with Gasteiger partial charge in [-0.1, -0.05) is 60.1 Å². The number of likely N-dealkylation sites (N-methyl/N-ethyl adjacent to an activating group) is 1. The summed E-state index contributed by atoms with van der Waals surface area (Å²) in [5.74, 6) is 0.719. The molecule has 0 fully saturated rings. The zero-order valence-corrected chi connectivity index (χ0v) is 16.8. The fourth-order valence-corrected chi connectivity index (χ4v) is 3.30. The van der Waals surface area contributed by atoms with Crippen molar-refractivity contribution in [1.82, 2.24) is 9.55 Å². The Kier molecular flexibility index (Phi) is 5.45. The number of anilines is 1. The Bertz CT molecular complexity index is 1160. The van der Waals surface area contributed by atoms with Crippen molar-refractivity contribution in [2.24, 2.45) is 0 Å². The first-order chi connectivity index (χ1) is 14.1. The summed E-state index contributed by atoms with van der Waals surface area (Å²) in [6.45, 7) is 0.201. The zero-order chi connectivity index (χ0) is 20.2. The highest BCUT2D eigenvalue weighted by atomic mass is 35.5. The number of carbonyl (C=O) groups is 1. The van der Waals surface area contributed by atoms with Crippen molar-refractivity contribution in [1.29, 1.82) is 0 Å². The third-order valence-electron chi connectivity index (χ3n) is 4.79. The number of amides is 1. The van der Waals surface area contributed by atoms with Gasteiger partial charge in [0.25, 0.3) is 0 Å². The van der Waals surface area contributed by atoms with Crippen LogP contribution in [0.5, 0.6) is 0 Å². The van der Waals surface area contributed by atoms with Crippen LogP contribution in [0.3, 0.4) is 0 Å². The topological polar surface area (TPSA) is 38.1 Å². The molecule has 0 aliphatic carbocycles. The number of hydrogen-bond acceptors (Lipinski definition) is 2.